The van der Waals surface area contributed by atoms with E-state index < -0.39 is 0 Å². The van der Waals surface area contributed by atoms with Gasteiger partial charge in [-0.3, -0.25) is 4.99 Å². The third-order valence-corrected chi connectivity index (χ3v) is 4.58. The van der Waals surface area contributed by atoms with Crippen molar-refractivity contribution in [3.05, 3.63) is 63.9 Å². The van der Waals surface area contributed by atoms with Crippen molar-refractivity contribution in [3.63, 3.8) is 0 Å². The summed E-state index contributed by atoms with van der Waals surface area (Å²) in [6.45, 7) is 1.81. The van der Waals surface area contributed by atoms with Crippen molar-refractivity contribution >= 4 is 41.5 Å². The molecule has 2 aromatic carbocycles. The summed E-state index contributed by atoms with van der Waals surface area (Å²) in [4.78, 5) is 6.18. The fourth-order valence-corrected chi connectivity index (χ4v) is 3.04. The standard InChI is InChI=1S/C21H28ClFN4O.HI/c1-24-21(25-10-9-16-6-7-18(28-4)12-19(16)22)26-13-15-5-8-20(23)17(11-15)14-27(2)3;/h5-8,11-12H,9-10,13-14H2,1-4H3,(H2,24,25,26);1H. The number of nitrogens with one attached hydrogen (secondary N) is 2. The Bertz CT molecular complexity index is 817. The van der Waals surface area contributed by atoms with Gasteiger partial charge in [0, 0.05) is 37.3 Å². The zero-order valence-electron chi connectivity index (χ0n) is 17.3. The predicted octanol–water partition coefficient (Wildman–Crippen LogP) is 4.08. The number of guanidine groups is 1. The second kappa shape index (κ2) is 12.9. The van der Waals surface area contributed by atoms with Crippen molar-refractivity contribution in [1.29, 1.82) is 0 Å². The van der Waals surface area contributed by atoms with Crippen LogP contribution >= 0.6 is 35.6 Å². The molecule has 2 aromatic rings. The summed E-state index contributed by atoms with van der Waals surface area (Å²) in [7, 11) is 7.18. The van der Waals surface area contributed by atoms with E-state index in [1.807, 2.05) is 43.3 Å². The van der Waals surface area contributed by atoms with Gasteiger partial charge in [-0.1, -0.05) is 23.7 Å². The van der Waals surface area contributed by atoms with Gasteiger partial charge in [-0.25, -0.2) is 4.39 Å². The molecule has 0 bridgehead atoms. The van der Waals surface area contributed by atoms with E-state index >= 15 is 0 Å². The molecule has 2 N–H and O–H groups in total. The van der Waals surface area contributed by atoms with Gasteiger partial charge >= 0.3 is 0 Å². The van der Waals surface area contributed by atoms with Gasteiger partial charge in [0.1, 0.15) is 11.6 Å². The number of aliphatic imine (C=N–C) groups is 1. The van der Waals surface area contributed by atoms with Gasteiger partial charge in [0.15, 0.2) is 5.96 Å². The highest BCUT2D eigenvalue weighted by Gasteiger charge is 2.07. The summed E-state index contributed by atoms with van der Waals surface area (Å²) in [5.41, 5.74) is 2.72. The van der Waals surface area contributed by atoms with Gasteiger partial charge in [-0.2, -0.15) is 0 Å². The molecule has 0 atom stereocenters. The average Bonchev–Trinajstić information content (AvgIpc) is 2.67. The smallest absolute Gasteiger partial charge is 0.191 e. The molecular formula is C21H29ClFIN4O. The van der Waals surface area contributed by atoms with E-state index in [2.05, 4.69) is 15.6 Å². The molecule has 5 nitrogen and oxygen atoms in total. The Morgan fingerprint density at radius 1 is 1.14 bits per heavy atom. The number of rotatable bonds is 8. The van der Waals surface area contributed by atoms with E-state index in [-0.39, 0.29) is 29.8 Å². The fraction of sp³-hybridized carbons (Fsp3) is 0.381. The van der Waals surface area contributed by atoms with E-state index in [0.717, 1.165) is 23.3 Å². The van der Waals surface area contributed by atoms with E-state index in [9.17, 15) is 4.39 Å². The first-order chi connectivity index (χ1) is 13.4. The molecule has 0 radical (unpaired) electrons. The molecule has 0 aromatic heterocycles. The number of halogens is 3. The molecule has 0 fully saturated rings. The number of hydrogen-bond donors (Lipinski definition) is 2. The summed E-state index contributed by atoms with van der Waals surface area (Å²) in [5.74, 6) is 1.24. The van der Waals surface area contributed by atoms with E-state index in [1.165, 1.54) is 6.07 Å². The van der Waals surface area contributed by atoms with Crippen molar-refractivity contribution in [1.82, 2.24) is 15.5 Å². The highest BCUT2D eigenvalue weighted by molar-refractivity contribution is 14.0. The Kier molecular flexibility index (Phi) is 11.3. The lowest BCUT2D eigenvalue weighted by Gasteiger charge is -2.14. The largest absolute Gasteiger partial charge is 0.497 e. The van der Waals surface area contributed by atoms with Crippen LogP contribution in [-0.2, 0) is 19.5 Å². The molecule has 0 saturated carbocycles. The van der Waals surface area contributed by atoms with E-state index in [0.29, 0.717) is 36.2 Å². The SMILES string of the molecule is CN=C(NCCc1ccc(OC)cc1Cl)NCc1ccc(F)c(CN(C)C)c1.I. The van der Waals surface area contributed by atoms with Crippen LogP contribution in [0.3, 0.4) is 0 Å². The zero-order chi connectivity index (χ0) is 20.5. The first-order valence-corrected chi connectivity index (χ1v) is 9.49. The quantitative estimate of drug-likeness (QED) is 0.305. The van der Waals surface area contributed by atoms with Gasteiger partial charge in [-0.15, -0.1) is 24.0 Å². The molecule has 0 aliphatic heterocycles. The van der Waals surface area contributed by atoms with Crippen LogP contribution in [0.4, 0.5) is 4.39 Å². The topological polar surface area (TPSA) is 48.9 Å². The van der Waals surface area contributed by atoms with Crippen LogP contribution < -0.4 is 15.4 Å². The number of ether oxygens (including phenoxy) is 1. The van der Waals surface area contributed by atoms with Crippen LogP contribution in [0.1, 0.15) is 16.7 Å². The van der Waals surface area contributed by atoms with Crippen LogP contribution in [0.25, 0.3) is 0 Å². The minimum atomic E-state index is -0.184. The monoisotopic (exact) mass is 534 g/mol. The highest BCUT2D eigenvalue weighted by Crippen LogP contribution is 2.22. The molecule has 0 amide bonds. The van der Waals surface area contributed by atoms with Crippen LogP contribution in [0.15, 0.2) is 41.4 Å². The zero-order valence-corrected chi connectivity index (χ0v) is 20.3. The molecule has 0 heterocycles. The Morgan fingerprint density at radius 3 is 2.52 bits per heavy atom. The highest BCUT2D eigenvalue weighted by atomic mass is 127. The normalized spacial score (nSPS) is 11.2. The number of hydrogen-bond acceptors (Lipinski definition) is 3. The van der Waals surface area contributed by atoms with Crippen molar-refractivity contribution in [2.24, 2.45) is 4.99 Å². The van der Waals surface area contributed by atoms with Gasteiger partial charge in [0.2, 0.25) is 0 Å². The lowest BCUT2D eigenvalue weighted by Crippen LogP contribution is -2.37. The van der Waals surface area contributed by atoms with Crippen molar-refractivity contribution < 1.29 is 9.13 Å². The predicted molar refractivity (Wildman–Crippen MR) is 129 cm³/mol. The van der Waals surface area contributed by atoms with E-state index in [4.69, 9.17) is 16.3 Å². The van der Waals surface area contributed by atoms with Crippen LogP contribution in [0, 0.1) is 5.82 Å². The molecule has 8 heteroatoms. The maximum atomic E-state index is 13.9. The minimum absolute atomic E-state index is 0. The molecule has 0 aliphatic carbocycles. The van der Waals surface area contributed by atoms with Crippen LogP contribution in [0.2, 0.25) is 5.02 Å². The maximum absolute atomic E-state index is 13.9. The molecule has 0 spiro atoms. The number of benzene rings is 2. The lowest BCUT2D eigenvalue weighted by atomic mass is 10.1. The molecule has 29 heavy (non-hydrogen) atoms. The second-order valence-electron chi connectivity index (χ2n) is 6.72. The lowest BCUT2D eigenvalue weighted by molar-refractivity contribution is 0.392. The Hall–Kier alpha value is -1.58. The fourth-order valence-electron chi connectivity index (χ4n) is 2.78. The summed E-state index contributed by atoms with van der Waals surface area (Å²) < 4.78 is 19.1. The molecular weight excluding hydrogens is 506 g/mol. The van der Waals surface area contributed by atoms with Gasteiger partial charge in [0.25, 0.3) is 0 Å². The summed E-state index contributed by atoms with van der Waals surface area (Å²) in [6, 6.07) is 10.8. The minimum Gasteiger partial charge on any atom is -0.497 e. The van der Waals surface area contributed by atoms with Gasteiger partial charge < -0.3 is 20.3 Å². The first-order valence-electron chi connectivity index (χ1n) is 9.12. The Morgan fingerprint density at radius 2 is 1.90 bits per heavy atom. The van der Waals surface area contributed by atoms with Crippen molar-refractivity contribution in [2.75, 3.05) is 34.8 Å². The van der Waals surface area contributed by atoms with Crippen LogP contribution in [0.5, 0.6) is 5.75 Å². The van der Waals surface area contributed by atoms with E-state index in [1.54, 1.807) is 20.2 Å². The van der Waals surface area contributed by atoms with Crippen molar-refractivity contribution in [2.45, 2.75) is 19.5 Å². The molecule has 160 valence electrons. The van der Waals surface area contributed by atoms with Gasteiger partial charge in [-0.05, 0) is 55.9 Å². The molecule has 2 rings (SSSR count). The average molecular weight is 535 g/mol. The summed E-state index contributed by atoms with van der Waals surface area (Å²) >= 11 is 6.27. The molecule has 0 aliphatic rings. The maximum Gasteiger partial charge on any atom is 0.191 e. The van der Waals surface area contributed by atoms with Gasteiger partial charge in [0.05, 0.1) is 7.11 Å². The Labute approximate surface area is 194 Å². The first kappa shape index (κ1) is 25.5. The molecule has 0 unspecified atom stereocenters. The third-order valence-electron chi connectivity index (χ3n) is 4.23. The third kappa shape index (κ3) is 8.36. The second-order valence-corrected chi connectivity index (χ2v) is 7.13. The molecule has 0 saturated heterocycles. The number of nitrogens with zero attached hydrogens (tertiary/aromatic N) is 2. The number of methoxy groups -OCH3 is 1. The van der Waals surface area contributed by atoms with Crippen LogP contribution in [-0.4, -0.2) is 45.7 Å². The Balaban J connectivity index is 0.00000420. The summed E-state index contributed by atoms with van der Waals surface area (Å²) in [6.07, 6.45) is 0.757. The summed E-state index contributed by atoms with van der Waals surface area (Å²) in [5, 5.41) is 7.21. The van der Waals surface area contributed by atoms with Crippen molar-refractivity contribution in [3.8, 4) is 5.75 Å².